The van der Waals surface area contributed by atoms with Crippen molar-refractivity contribution < 1.29 is 0 Å². The predicted octanol–water partition coefficient (Wildman–Crippen LogP) is 2.38. The topological polar surface area (TPSA) is 29.3 Å². The van der Waals surface area contributed by atoms with Crippen molar-refractivity contribution in [3.05, 3.63) is 0 Å². The monoisotopic (exact) mass is 198 g/mol. The van der Waals surface area contributed by atoms with Gasteiger partial charge in [-0.1, -0.05) is 19.8 Å². The maximum absolute atomic E-state index is 6.21. The standard InChI is InChI=1S/C12H26N2/c1-5-14(12(2,3)4)11-9-7-6-8-10(11)13/h10-11H,5-9,13H2,1-4H3. The summed E-state index contributed by atoms with van der Waals surface area (Å²) >= 11 is 0. The Morgan fingerprint density at radius 2 is 1.79 bits per heavy atom. The number of nitrogens with zero attached hydrogens (tertiary/aromatic N) is 1. The third-order valence-electron chi connectivity index (χ3n) is 3.38. The highest BCUT2D eigenvalue weighted by Gasteiger charge is 2.32. The van der Waals surface area contributed by atoms with E-state index in [-0.39, 0.29) is 5.54 Å². The molecule has 0 aromatic rings. The zero-order valence-electron chi connectivity index (χ0n) is 10.2. The molecule has 0 heterocycles. The van der Waals surface area contributed by atoms with Crippen molar-refractivity contribution in [2.75, 3.05) is 6.54 Å². The molecule has 0 bridgehead atoms. The van der Waals surface area contributed by atoms with Crippen LogP contribution in [0.3, 0.4) is 0 Å². The van der Waals surface area contributed by atoms with E-state index in [4.69, 9.17) is 5.73 Å². The normalized spacial score (nSPS) is 29.6. The lowest BCUT2D eigenvalue weighted by atomic mass is 9.87. The van der Waals surface area contributed by atoms with Gasteiger partial charge in [0.15, 0.2) is 0 Å². The van der Waals surface area contributed by atoms with E-state index < -0.39 is 0 Å². The maximum atomic E-state index is 6.21. The SMILES string of the molecule is CCN(C1CCCCC1N)C(C)(C)C. The molecule has 0 amide bonds. The molecule has 0 spiro atoms. The van der Waals surface area contributed by atoms with E-state index in [9.17, 15) is 0 Å². The minimum absolute atomic E-state index is 0.258. The summed E-state index contributed by atoms with van der Waals surface area (Å²) < 4.78 is 0. The average molecular weight is 198 g/mol. The van der Waals surface area contributed by atoms with Gasteiger partial charge in [-0.15, -0.1) is 0 Å². The number of nitrogens with two attached hydrogens (primary N) is 1. The first-order valence-corrected chi connectivity index (χ1v) is 5.99. The summed E-state index contributed by atoms with van der Waals surface area (Å²) in [6, 6.07) is 0.997. The zero-order valence-corrected chi connectivity index (χ0v) is 10.2. The van der Waals surface area contributed by atoms with E-state index in [1.54, 1.807) is 0 Å². The van der Waals surface area contributed by atoms with Crippen LogP contribution in [-0.4, -0.2) is 29.1 Å². The molecule has 1 fully saturated rings. The summed E-state index contributed by atoms with van der Waals surface area (Å²) in [5.41, 5.74) is 6.47. The molecular weight excluding hydrogens is 172 g/mol. The largest absolute Gasteiger partial charge is 0.326 e. The Kier molecular flexibility index (Phi) is 3.96. The summed E-state index contributed by atoms with van der Waals surface area (Å²) in [6.07, 6.45) is 5.16. The molecule has 0 aromatic heterocycles. The molecule has 1 aliphatic rings. The molecule has 2 heteroatoms. The zero-order chi connectivity index (χ0) is 10.8. The van der Waals surface area contributed by atoms with Gasteiger partial charge in [-0.25, -0.2) is 0 Å². The highest BCUT2D eigenvalue weighted by atomic mass is 15.2. The summed E-state index contributed by atoms with van der Waals surface area (Å²) in [4.78, 5) is 2.57. The van der Waals surface area contributed by atoms with Crippen LogP contribution in [0.1, 0.15) is 53.4 Å². The fraction of sp³-hybridized carbons (Fsp3) is 1.00. The Balaban J connectivity index is 2.67. The van der Waals surface area contributed by atoms with Gasteiger partial charge in [0, 0.05) is 17.6 Å². The van der Waals surface area contributed by atoms with Crippen molar-refractivity contribution >= 4 is 0 Å². The van der Waals surface area contributed by atoms with Crippen LogP contribution in [0.15, 0.2) is 0 Å². The highest BCUT2D eigenvalue weighted by molar-refractivity contribution is 4.90. The first-order valence-electron chi connectivity index (χ1n) is 5.99. The Morgan fingerprint density at radius 1 is 1.21 bits per heavy atom. The van der Waals surface area contributed by atoms with E-state index in [2.05, 4.69) is 32.6 Å². The Labute approximate surface area is 88.8 Å². The molecule has 1 aliphatic carbocycles. The van der Waals surface area contributed by atoms with E-state index >= 15 is 0 Å². The molecule has 2 N–H and O–H groups in total. The summed E-state index contributed by atoms with van der Waals surface area (Å²) in [7, 11) is 0. The molecule has 0 radical (unpaired) electrons. The number of rotatable bonds is 2. The van der Waals surface area contributed by atoms with Crippen LogP contribution in [0, 0.1) is 0 Å². The second-order valence-corrected chi connectivity index (χ2v) is 5.47. The Hall–Kier alpha value is -0.0800. The van der Waals surface area contributed by atoms with Crippen LogP contribution in [-0.2, 0) is 0 Å². The van der Waals surface area contributed by atoms with Crippen molar-refractivity contribution in [2.24, 2.45) is 5.73 Å². The predicted molar refractivity (Wildman–Crippen MR) is 62.4 cm³/mol. The lowest BCUT2D eigenvalue weighted by molar-refractivity contribution is 0.0549. The van der Waals surface area contributed by atoms with E-state index in [1.165, 1.54) is 25.7 Å². The number of hydrogen-bond donors (Lipinski definition) is 1. The molecule has 14 heavy (non-hydrogen) atoms. The average Bonchev–Trinajstić information content (AvgIpc) is 2.07. The lowest BCUT2D eigenvalue weighted by Crippen LogP contribution is -2.56. The van der Waals surface area contributed by atoms with Gasteiger partial charge in [-0.2, -0.15) is 0 Å². The third kappa shape index (κ3) is 2.71. The molecule has 0 saturated heterocycles. The van der Waals surface area contributed by atoms with Gasteiger partial charge in [0.05, 0.1) is 0 Å². The fourth-order valence-corrected chi connectivity index (χ4v) is 2.73. The van der Waals surface area contributed by atoms with Crippen LogP contribution < -0.4 is 5.73 Å². The van der Waals surface area contributed by atoms with Gasteiger partial charge in [-0.05, 0) is 40.2 Å². The van der Waals surface area contributed by atoms with Gasteiger partial charge < -0.3 is 5.73 Å². The second-order valence-electron chi connectivity index (χ2n) is 5.47. The summed E-state index contributed by atoms with van der Waals surface area (Å²) in [5.74, 6) is 0. The maximum Gasteiger partial charge on any atom is 0.0252 e. The molecule has 0 aromatic carbocycles. The molecule has 0 aliphatic heterocycles. The molecule has 2 nitrogen and oxygen atoms in total. The van der Waals surface area contributed by atoms with Crippen molar-refractivity contribution in [3.63, 3.8) is 0 Å². The quantitative estimate of drug-likeness (QED) is 0.738. The van der Waals surface area contributed by atoms with Crippen LogP contribution in [0.5, 0.6) is 0 Å². The lowest BCUT2D eigenvalue weighted by Gasteiger charge is -2.45. The van der Waals surface area contributed by atoms with Crippen molar-refractivity contribution in [2.45, 2.75) is 71.0 Å². The van der Waals surface area contributed by atoms with Crippen LogP contribution in [0.4, 0.5) is 0 Å². The molecule has 2 unspecified atom stereocenters. The molecular formula is C12H26N2. The minimum atomic E-state index is 0.258. The van der Waals surface area contributed by atoms with Gasteiger partial charge in [-0.3, -0.25) is 4.90 Å². The van der Waals surface area contributed by atoms with Crippen LogP contribution >= 0.6 is 0 Å². The molecule has 2 atom stereocenters. The summed E-state index contributed by atoms with van der Waals surface area (Å²) in [5, 5.41) is 0. The van der Waals surface area contributed by atoms with Crippen LogP contribution in [0.25, 0.3) is 0 Å². The second kappa shape index (κ2) is 4.63. The van der Waals surface area contributed by atoms with Gasteiger partial charge in [0.1, 0.15) is 0 Å². The van der Waals surface area contributed by atoms with E-state index in [1.807, 2.05) is 0 Å². The molecule has 84 valence electrons. The molecule has 1 rings (SSSR count). The van der Waals surface area contributed by atoms with E-state index in [0.29, 0.717) is 12.1 Å². The number of hydrogen-bond acceptors (Lipinski definition) is 2. The van der Waals surface area contributed by atoms with Crippen molar-refractivity contribution in [1.29, 1.82) is 0 Å². The van der Waals surface area contributed by atoms with Gasteiger partial charge in [0.25, 0.3) is 0 Å². The van der Waals surface area contributed by atoms with Gasteiger partial charge >= 0.3 is 0 Å². The first-order chi connectivity index (χ1) is 6.46. The first kappa shape index (κ1) is 12.0. The molecule has 1 saturated carbocycles. The van der Waals surface area contributed by atoms with Gasteiger partial charge in [0.2, 0.25) is 0 Å². The highest BCUT2D eigenvalue weighted by Crippen LogP contribution is 2.27. The minimum Gasteiger partial charge on any atom is -0.326 e. The fourth-order valence-electron chi connectivity index (χ4n) is 2.73. The summed E-state index contributed by atoms with van der Waals surface area (Å²) in [6.45, 7) is 10.2. The van der Waals surface area contributed by atoms with E-state index in [0.717, 1.165) is 6.54 Å². The Morgan fingerprint density at radius 3 is 2.21 bits per heavy atom. The van der Waals surface area contributed by atoms with Crippen molar-refractivity contribution in [3.8, 4) is 0 Å². The third-order valence-corrected chi connectivity index (χ3v) is 3.38. The number of likely N-dealkylation sites (N-methyl/N-ethyl adjacent to an activating group) is 1. The van der Waals surface area contributed by atoms with Crippen LogP contribution in [0.2, 0.25) is 0 Å². The van der Waals surface area contributed by atoms with Crippen molar-refractivity contribution in [1.82, 2.24) is 4.90 Å². The smallest absolute Gasteiger partial charge is 0.0252 e. The Bertz CT molecular complexity index is 172.